The van der Waals surface area contributed by atoms with Crippen LogP contribution in [0, 0.1) is 10.1 Å². The molecule has 0 spiro atoms. The highest BCUT2D eigenvalue weighted by atomic mass is 35.5. The second-order valence-electron chi connectivity index (χ2n) is 3.84. The molecule has 104 valence electrons. The third kappa shape index (κ3) is 3.15. The maximum Gasteiger partial charge on any atom is 0.311 e. The largest absolute Gasteiger partial charge is 0.447 e. The molecule has 0 aliphatic carbocycles. The van der Waals surface area contributed by atoms with Gasteiger partial charge < -0.3 is 4.74 Å². The van der Waals surface area contributed by atoms with Crippen molar-refractivity contribution in [2.45, 2.75) is 13.3 Å². The molecule has 0 saturated carbocycles. The van der Waals surface area contributed by atoms with Crippen molar-refractivity contribution < 1.29 is 9.66 Å². The number of nitrogens with zero attached hydrogens (tertiary/aromatic N) is 3. The molecular formula is C12H9Cl2N3O3. The number of rotatable bonds is 4. The Balaban J connectivity index is 2.42. The zero-order chi connectivity index (χ0) is 14.7. The molecule has 0 aliphatic heterocycles. The van der Waals surface area contributed by atoms with Crippen LogP contribution in [0.15, 0.2) is 24.3 Å². The third-order valence-corrected chi connectivity index (χ3v) is 2.98. The van der Waals surface area contributed by atoms with Crippen LogP contribution in [0.3, 0.4) is 0 Å². The number of aryl methyl sites for hydroxylation is 1. The van der Waals surface area contributed by atoms with Crippen LogP contribution in [0.1, 0.15) is 12.5 Å². The van der Waals surface area contributed by atoms with Crippen molar-refractivity contribution in [2.24, 2.45) is 0 Å². The van der Waals surface area contributed by atoms with Gasteiger partial charge in [0.15, 0.2) is 16.1 Å². The first-order chi connectivity index (χ1) is 9.51. The van der Waals surface area contributed by atoms with Gasteiger partial charge in [-0.15, -0.1) is 10.2 Å². The summed E-state index contributed by atoms with van der Waals surface area (Å²) >= 11 is 11.5. The van der Waals surface area contributed by atoms with Gasteiger partial charge in [0, 0.05) is 12.1 Å². The fraction of sp³-hybridized carbons (Fsp3) is 0.167. The van der Waals surface area contributed by atoms with Crippen LogP contribution in [0.4, 0.5) is 5.69 Å². The molecule has 2 aromatic rings. The Morgan fingerprint density at radius 3 is 2.65 bits per heavy atom. The Bertz CT molecular complexity index is 664. The summed E-state index contributed by atoms with van der Waals surface area (Å²) in [6.07, 6.45) is 0.685. The van der Waals surface area contributed by atoms with Crippen LogP contribution >= 0.6 is 23.2 Å². The van der Waals surface area contributed by atoms with E-state index in [1.54, 1.807) is 6.07 Å². The second kappa shape index (κ2) is 6.02. The Morgan fingerprint density at radius 1 is 1.25 bits per heavy atom. The van der Waals surface area contributed by atoms with Crippen molar-refractivity contribution >= 4 is 28.9 Å². The molecule has 0 radical (unpaired) electrons. The van der Waals surface area contributed by atoms with Crippen LogP contribution in [-0.2, 0) is 6.42 Å². The molecule has 20 heavy (non-hydrogen) atoms. The van der Waals surface area contributed by atoms with Gasteiger partial charge >= 0.3 is 5.69 Å². The van der Waals surface area contributed by atoms with Gasteiger partial charge in [0.1, 0.15) is 0 Å². The lowest BCUT2D eigenvalue weighted by atomic mass is 10.1. The summed E-state index contributed by atoms with van der Waals surface area (Å²) in [5, 5.41) is 18.2. The zero-order valence-electron chi connectivity index (χ0n) is 10.3. The Labute approximate surface area is 124 Å². The number of nitro benzene ring substituents is 1. The van der Waals surface area contributed by atoms with E-state index in [-0.39, 0.29) is 27.5 Å². The van der Waals surface area contributed by atoms with E-state index >= 15 is 0 Å². The number of benzene rings is 1. The summed E-state index contributed by atoms with van der Waals surface area (Å²) in [6.45, 7) is 1.91. The molecule has 1 aromatic carbocycles. The summed E-state index contributed by atoms with van der Waals surface area (Å²) in [5.41, 5.74) is 0.689. The van der Waals surface area contributed by atoms with Crippen molar-refractivity contribution in [3.8, 4) is 11.5 Å². The summed E-state index contributed by atoms with van der Waals surface area (Å²) in [4.78, 5) is 10.6. The van der Waals surface area contributed by atoms with Gasteiger partial charge in [-0.05, 0) is 18.1 Å². The van der Waals surface area contributed by atoms with Gasteiger partial charge in [-0.1, -0.05) is 36.2 Å². The molecule has 8 heteroatoms. The highest BCUT2D eigenvalue weighted by molar-refractivity contribution is 6.32. The molecule has 0 atom stereocenters. The average Bonchev–Trinajstić information content (AvgIpc) is 2.43. The lowest BCUT2D eigenvalue weighted by molar-refractivity contribution is -0.385. The van der Waals surface area contributed by atoms with Gasteiger partial charge in [-0.3, -0.25) is 10.1 Å². The maximum absolute atomic E-state index is 11.1. The molecule has 0 saturated heterocycles. The van der Waals surface area contributed by atoms with Crippen molar-refractivity contribution in [1.29, 1.82) is 0 Å². The van der Waals surface area contributed by atoms with E-state index in [0.29, 0.717) is 6.42 Å². The van der Waals surface area contributed by atoms with E-state index in [0.717, 1.165) is 5.56 Å². The summed E-state index contributed by atoms with van der Waals surface area (Å²) in [6, 6.07) is 6.06. The SMILES string of the molecule is CCc1ccc(Oc2cc(Cl)nnc2Cl)c([N+](=O)[O-])c1. The third-order valence-electron chi connectivity index (χ3n) is 2.54. The highest BCUT2D eigenvalue weighted by Crippen LogP contribution is 2.35. The number of ether oxygens (including phenoxy) is 1. The van der Waals surface area contributed by atoms with E-state index < -0.39 is 4.92 Å². The van der Waals surface area contributed by atoms with E-state index in [4.69, 9.17) is 27.9 Å². The number of halogens is 2. The molecule has 6 nitrogen and oxygen atoms in total. The normalized spacial score (nSPS) is 10.3. The van der Waals surface area contributed by atoms with E-state index in [1.165, 1.54) is 18.2 Å². The maximum atomic E-state index is 11.1. The standard InChI is InChI=1S/C12H9Cl2N3O3/c1-2-7-3-4-9(8(5-7)17(18)19)20-10-6-11(13)15-16-12(10)14/h3-6H,2H2,1H3. The van der Waals surface area contributed by atoms with Crippen LogP contribution in [0.2, 0.25) is 10.3 Å². The van der Waals surface area contributed by atoms with Crippen molar-refractivity contribution in [2.75, 3.05) is 0 Å². The molecule has 0 bridgehead atoms. The van der Waals surface area contributed by atoms with Crippen LogP contribution in [0.5, 0.6) is 11.5 Å². The van der Waals surface area contributed by atoms with Crippen molar-refractivity contribution in [3.05, 3.63) is 50.2 Å². The lowest BCUT2D eigenvalue weighted by Gasteiger charge is -2.08. The Kier molecular flexibility index (Phi) is 4.36. The van der Waals surface area contributed by atoms with Gasteiger partial charge in [-0.2, -0.15) is 0 Å². The summed E-state index contributed by atoms with van der Waals surface area (Å²) in [5.74, 6) is 0.178. The second-order valence-corrected chi connectivity index (χ2v) is 4.58. The monoisotopic (exact) mass is 313 g/mol. The van der Waals surface area contributed by atoms with Gasteiger partial charge in [0.05, 0.1) is 4.92 Å². The predicted octanol–water partition coefficient (Wildman–Crippen LogP) is 4.05. The van der Waals surface area contributed by atoms with Crippen LogP contribution in [0.25, 0.3) is 0 Å². The quantitative estimate of drug-likeness (QED) is 0.628. The minimum atomic E-state index is -0.515. The van der Waals surface area contributed by atoms with Gasteiger partial charge in [-0.25, -0.2) is 0 Å². The molecule has 0 N–H and O–H groups in total. The van der Waals surface area contributed by atoms with E-state index in [1.807, 2.05) is 6.92 Å². The fourth-order valence-corrected chi connectivity index (χ4v) is 1.81. The summed E-state index contributed by atoms with van der Waals surface area (Å²) < 4.78 is 5.42. The number of hydrogen-bond donors (Lipinski definition) is 0. The topological polar surface area (TPSA) is 78.2 Å². The van der Waals surface area contributed by atoms with E-state index in [2.05, 4.69) is 10.2 Å². The van der Waals surface area contributed by atoms with Crippen molar-refractivity contribution in [1.82, 2.24) is 10.2 Å². The molecule has 1 heterocycles. The average molecular weight is 314 g/mol. The highest BCUT2D eigenvalue weighted by Gasteiger charge is 2.18. The number of hydrogen-bond acceptors (Lipinski definition) is 5. The Morgan fingerprint density at radius 2 is 2.00 bits per heavy atom. The number of nitro groups is 1. The van der Waals surface area contributed by atoms with Crippen LogP contribution < -0.4 is 4.74 Å². The molecule has 0 aliphatic rings. The molecule has 0 amide bonds. The first kappa shape index (κ1) is 14.5. The van der Waals surface area contributed by atoms with Crippen LogP contribution in [-0.4, -0.2) is 15.1 Å². The predicted molar refractivity (Wildman–Crippen MR) is 74.6 cm³/mol. The smallest absolute Gasteiger partial charge is 0.311 e. The first-order valence-electron chi connectivity index (χ1n) is 5.65. The van der Waals surface area contributed by atoms with Gasteiger partial charge in [0.2, 0.25) is 5.75 Å². The Hall–Kier alpha value is -1.92. The first-order valence-corrected chi connectivity index (χ1v) is 6.40. The number of aromatic nitrogens is 2. The lowest BCUT2D eigenvalue weighted by Crippen LogP contribution is -1.96. The molecule has 2 rings (SSSR count). The minimum absolute atomic E-state index is 0.0248. The zero-order valence-corrected chi connectivity index (χ0v) is 11.9. The fourth-order valence-electron chi connectivity index (χ4n) is 1.54. The summed E-state index contributed by atoms with van der Waals surface area (Å²) in [7, 11) is 0. The van der Waals surface area contributed by atoms with E-state index in [9.17, 15) is 10.1 Å². The van der Waals surface area contributed by atoms with Crippen molar-refractivity contribution in [3.63, 3.8) is 0 Å². The molecular weight excluding hydrogens is 305 g/mol. The molecule has 1 aromatic heterocycles. The van der Waals surface area contributed by atoms with Gasteiger partial charge in [0.25, 0.3) is 0 Å². The minimum Gasteiger partial charge on any atom is -0.447 e. The molecule has 0 fully saturated rings. The molecule has 0 unspecified atom stereocenters.